The van der Waals surface area contributed by atoms with Crippen LogP contribution in [0.3, 0.4) is 0 Å². The van der Waals surface area contributed by atoms with E-state index in [1.807, 2.05) is 0 Å². The van der Waals surface area contributed by atoms with Gasteiger partial charge in [-0.1, -0.05) is 0 Å². The number of halogens is 8. The topological polar surface area (TPSA) is 52.6 Å². The molecule has 0 aromatic heterocycles. The molecule has 1 aliphatic heterocycles. The number of hydrogen-bond donors (Lipinski definition) is 0. The summed E-state index contributed by atoms with van der Waals surface area (Å²) in [5.41, 5.74) is 0. The van der Waals surface area contributed by atoms with E-state index in [4.69, 9.17) is 0 Å². The molecule has 13 heteroatoms. The van der Waals surface area contributed by atoms with Gasteiger partial charge in [-0.15, -0.1) is 0 Å². The summed E-state index contributed by atoms with van der Waals surface area (Å²) >= 11 is 0. The van der Waals surface area contributed by atoms with Crippen molar-refractivity contribution in [2.45, 2.75) is 24.3 Å². The van der Waals surface area contributed by atoms with Crippen LogP contribution in [0.5, 0.6) is 0 Å². The van der Waals surface area contributed by atoms with Gasteiger partial charge in [-0.25, -0.2) is 4.74 Å². The molecular weight excluding hydrogens is 325 g/mol. The number of carboxylic acids is 1. The van der Waals surface area contributed by atoms with Crippen molar-refractivity contribution in [1.29, 1.82) is 0 Å². The van der Waals surface area contributed by atoms with E-state index >= 15 is 0 Å². The molecule has 1 heterocycles. The second-order valence-electron chi connectivity index (χ2n) is 3.18. The molecule has 0 spiro atoms. The Hall–Kier alpha value is 0.466. The number of nitrogens with zero attached hydrogens (tertiary/aromatic N) is 1. The number of alkyl halides is 8. The fourth-order valence-electron chi connectivity index (χ4n) is 1.10. The van der Waals surface area contributed by atoms with Gasteiger partial charge in [0.15, 0.2) is 0 Å². The van der Waals surface area contributed by atoms with E-state index in [1.54, 1.807) is 0 Å². The maximum absolute atomic E-state index is 12.8. The molecule has 0 saturated carbocycles. The van der Waals surface area contributed by atoms with Crippen molar-refractivity contribution in [1.82, 2.24) is 4.90 Å². The number of aliphatic carboxylic acids is 1. The van der Waals surface area contributed by atoms with Gasteiger partial charge >= 0.3 is 75.7 Å². The first-order chi connectivity index (χ1) is 7.76. The SMILES string of the molecule is O=C([O-])CN1C(F)(F)C(F)(F)OC(F)(F)C1(F)F.[K+]. The normalized spacial score (nSPS) is 27.4. The Morgan fingerprint density at radius 3 is 1.53 bits per heavy atom. The minimum absolute atomic E-state index is 0. The third-order valence-electron chi connectivity index (χ3n) is 1.92. The summed E-state index contributed by atoms with van der Waals surface area (Å²) < 4.78 is 103. The van der Waals surface area contributed by atoms with Gasteiger partial charge in [-0.05, 0) is 0 Å². The first-order valence-corrected chi connectivity index (χ1v) is 3.95. The van der Waals surface area contributed by atoms with Crippen LogP contribution in [0.1, 0.15) is 0 Å². The van der Waals surface area contributed by atoms with Gasteiger partial charge in [-0.2, -0.15) is 40.0 Å². The number of carbonyl (C=O) groups is 1. The van der Waals surface area contributed by atoms with Crippen LogP contribution in [0.4, 0.5) is 35.1 Å². The molecule has 0 aromatic carbocycles. The predicted octanol–water partition coefficient (Wildman–Crippen LogP) is -2.56. The van der Waals surface area contributed by atoms with Gasteiger partial charge in [0, 0.05) is 6.54 Å². The summed E-state index contributed by atoms with van der Waals surface area (Å²) in [5, 5.41) is 9.92. The maximum Gasteiger partial charge on any atom is 1.00 e. The van der Waals surface area contributed by atoms with Crippen LogP contribution >= 0.6 is 0 Å². The Kier molecular flexibility index (Phi) is 5.48. The van der Waals surface area contributed by atoms with E-state index in [0.29, 0.717) is 0 Å². The second-order valence-corrected chi connectivity index (χ2v) is 3.18. The zero-order valence-corrected chi connectivity index (χ0v) is 12.0. The summed E-state index contributed by atoms with van der Waals surface area (Å²) in [6.07, 6.45) is -12.0. The van der Waals surface area contributed by atoms with Gasteiger partial charge in [0.2, 0.25) is 0 Å². The Morgan fingerprint density at radius 2 is 1.26 bits per heavy atom. The van der Waals surface area contributed by atoms with Crippen molar-refractivity contribution < 1.29 is 101 Å². The van der Waals surface area contributed by atoms with Gasteiger partial charge in [0.1, 0.15) is 0 Å². The Labute approximate surface area is 142 Å². The number of carbonyl (C=O) groups excluding carboxylic acids is 1. The molecule has 0 atom stereocenters. The van der Waals surface area contributed by atoms with Crippen molar-refractivity contribution in [3.63, 3.8) is 0 Å². The molecule has 1 rings (SSSR count). The smallest absolute Gasteiger partial charge is 0.549 e. The molecule has 1 fully saturated rings. The summed E-state index contributed by atoms with van der Waals surface area (Å²) in [6.45, 7) is -2.55. The number of hydrogen-bond acceptors (Lipinski definition) is 4. The third kappa shape index (κ3) is 3.06. The van der Waals surface area contributed by atoms with Gasteiger partial charge in [0.25, 0.3) is 0 Å². The van der Waals surface area contributed by atoms with Gasteiger partial charge in [0.05, 0.1) is 5.97 Å². The third-order valence-corrected chi connectivity index (χ3v) is 1.92. The zero-order valence-electron chi connectivity index (χ0n) is 8.90. The molecule has 0 bridgehead atoms. The van der Waals surface area contributed by atoms with E-state index in [1.165, 1.54) is 0 Å². The van der Waals surface area contributed by atoms with Crippen LogP contribution in [0.25, 0.3) is 0 Å². The van der Waals surface area contributed by atoms with Crippen molar-refractivity contribution in [3.05, 3.63) is 0 Å². The Balaban J connectivity index is 0.00000324. The molecule has 0 N–H and O–H groups in total. The average molecular weight is 327 g/mol. The second kappa shape index (κ2) is 5.34. The maximum atomic E-state index is 12.8. The first-order valence-electron chi connectivity index (χ1n) is 3.95. The minimum Gasteiger partial charge on any atom is -0.549 e. The van der Waals surface area contributed by atoms with Crippen LogP contribution in [0.15, 0.2) is 0 Å². The molecule has 1 aliphatic rings. The average Bonchev–Trinajstić information content (AvgIpc) is 2.09. The van der Waals surface area contributed by atoms with Crippen LogP contribution in [0, 0.1) is 0 Å². The fraction of sp³-hybridized carbons (Fsp3) is 0.833. The van der Waals surface area contributed by atoms with Crippen LogP contribution in [-0.4, -0.2) is 41.7 Å². The van der Waals surface area contributed by atoms with Crippen molar-refractivity contribution in [3.8, 4) is 0 Å². The number of rotatable bonds is 2. The fourth-order valence-corrected chi connectivity index (χ4v) is 1.10. The monoisotopic (exact) mass is 327 g/mol. The van der Waals surface area contributed by atoms with Gasteiger partial charge in [-0.3, -0.25) is 0 Å². The van der Waals surface area contributed by atoms with Gasteiger partial charge < -0.3 is 9.90 Å². The largest absolute Gasteiger partial charge is 1.00 e. The first kappa shape index (κ1) is 19.5. The number of ether oxygens (including phenoxy) is 1. The van der Waals surface area contributed by atoms with E-state index in [9.17, 15) is 45.0 Å². The number of morpholine rings is 1. The van der Waals surface area contributed by atoms with Crippen LogP contribution in [0.2, 0.25) is 0 Å². The molecule has 0 aliphatic carbocycles. The number of carboxylic acid groups (broad SMARTS) is 1. The standard InChI is InChI=1S/C6H3F8NO3.K/c7-3(8)5(11,12)18-6(13,14)4(9,10)15(3)1-2(16)17;/h1H2,(H,16,17);/q;+1/p-1. The molecule has 106 valence electrons. The molecule has 0 unspecified atom stereocenters. The molecule has 0 amide bonds. The van der Waals surface area contributed by atoms with E-state index in [-0.39, 0.29) is 51.4 Å². The van der Waals surface area contributed by atoms with Crippen LogP contribution < -0.4 is 56.5 Å². The van der Waals surface area contributed by atoms with Crippen molar-refractivity contribution in [2.24, 2.45) is 0 Å². The Bertz CT molecular complexity index is 349. The molecule has 0 radical (unpaired) electrons. The van der Waals surface area contributed by atoms with E-state index < -0.39 is 41.7 Å². The summed E-state index contributed by atoms with van der Waals surface area (Å²) in [4.78, 5) is 7.73. The van der Waals surface area contributed by atoms with Crippen molar-refractivity contribution >= 4 is 5.97 Å². The van der Waals surface area contributed by atoms with Crippen molar-refractivity contribution in [2.75, 3.05) is 6.54 Å². The Morgan fingerprint density at radius 1 is 0.947 bits per heavy atom. The molecule has 1 saturated heterocycles. The summed E-state index contributed by atoms with van der Waals surface area (Å²) in [5.74, 6) is -2.68. The summed E-state index contributed by atoms with van der Waals surface area (Å²) in [7, 11) is 0. The summed E-state index contributed by atoms with van der Waals surface area (Å²) in [6, 6.07) is -11.9. The predicted molar refractivity (Wildman–Crippen MR) is 32.6 cm³/mol. The minimum atomic E-state index is -6.01. The van der Waals surface area contributed by atoms with Crippen LogP contribution in [-0.2, 0) is 9.53 Å². The van der Waals surface area contributed by atoms with E-state index in [0.717, 1.165) is 0 Å². The zero-order chi connectivity index (χ0) is 14.6. The van der Waals surface area contributed by atoms with E-state index in [2.05, 4.69) is 4.74 Å². The molecular formula is C6H2F8KNO3. The molecule has 19 heavy (non-hydrogen) atoms. The quantitative estimate of drug-likeness (QED) is 0.318. The molecule has 0 aromatic rings. The molecule has 4 nitrogen and oxygen atoms in total.